The molecule has 0 unspecified atom stereocenters. The first-order chi connectivity index (χ1) is 16.4. The molecule has 1 aliphatic heterocycles. The minimum atomic E-state index is -1.39. The molecule has 0 spiro atoms. The topological polar surface area (TPSA) is 118 Å². The molecule has 3 aromatic rings. The highest BCUT2D eigenvalue weighted by molar-refractivity contribution is 7.71. The smallest absolute Gasteiger partial charge is 0.270 e. The molecule has 10 nitrogen and oxygen atoms in total. The Hall–Kier alpha value is -2.99. The Labute approximate surface area is 207 Å². The van der Waals surface area contributed by atoms with Crippen LogP contribution in [0.5, 0.6) is 11.5 Å². The van der Waals surface area contributed by atoms with E-state index in [4.69, 9.17) is 35.6 Å². The number of oxazole rings is 1. The number of aliphatic hydroxyl groups is 1. The normalized spacial score (nSPS) is 22.2. The molecule has 35 heavy (non-hydrogen) atoms. The summed E-state index contributed by atoms with van der Waals surface area (Å²) in [5, 5.41) is 23.3. The Kier molecular flexibility index (Phi) is 6.39. The summed E-state index contributed by atoms with van der Waals surface area (Å²) in [5.41, 5.74) is -0.606. The van der Waals surface area contributed by atoms with E-state index in [1.807, 2.05) is 20.8 Å². The van der Waals surface area contributed by atoms with Gasteiger partial charge in [0.1, 0.15) is 23.2 Å². The van der Waals surface area contributed by atoms with Crippen molar-refractivity contribution >= 4 is 29.0 Å². The Balaban J connectivity index is 1.99. The van der Waals surface area contributed by atoms with Crippen molar-refractivity contribution in [3.63, 3.8) is 0 Å². The third-order valence-electron chi connectivity index (χ3n) is 5.92. The van der Waals surface area contributed by atoms with Crippen molar-refractivity contribution in [1.82, 2.24) is 4.57 Å². The number of fused-ring (bicyclic) bond motifs is 2. The van der Waals surface area contributed by atoms with E-state index in [2.05, 4.69) is 0 Å². The number of nitrogens with zero attached hydrogens (tertiary/aromatic N) is 2. The van der Waals surface area contributed by atoms with E-state index in [0.29, 0.717) is 28.2 Å². The Morgan fingerprint density at radius 1 is 1.20 bits per heavy atom. The van der Waals surface area contributed by atoms with E-state index < -0.39 is 34.6 Å². The third kappa shape index (κ3) is 4.40. The molecular weight excluding hydrogens is 476 g/mol. The number of hydrogen-bond donors (Lipinski definition) is 1. The maximum Gasteiger partial charge on any atom is 0.270 e. The van der Waals surface area contributed by atoms with Gasteiger partial charge in [-0.05, 0) is 58.1 Å². The molecule has 0 radical (unpaired) electrons. The number of nitro benzene ring substituents is 1. The predicted octanol–water partition coefficient (Wildman–Crippen LogP) is 4.77. The number of methoxy groups -OCH3 is 2. The average molecular weight is 505 g/mol. The van der Waals surface area contributed by atoms with Gasteiger partial charge in [0, 0.05) is 38.0 Å². The van der Waals surface area contributed by atoms with Crippen LogP contribution in [0.4, 0.5) is 5.69 Å². The van der Waals surface area contributed by atoms with Crippen LogP contribution in [-0.2, 0) is 9.47 Å². The van der Waals surface area contributed by atoms with Crippen molar-refractivity contribution < 1.29 is 33.4 Å². The van der Waals surface area contributed by atoms with E-state index >= 15 is 0 Å². The molecule has 3 atom stereocenters. The third-order valence-corrected chi connectivity index (χ3v) is 6.20. The highest BCUT2D eigenvalue weighted by atomic mass is 32.1. The quantitative estimate of drug-likeness (QED) is 0.219. The molecule has 1 N–H and O–H groups in total. The number of hydrogen-bond acceptors (Lipinski definition) is 9. The van der Waals surface area contributed by atoms with E-state index in [1.54, 1.807) is 29.7 Å². The molecule has 0 bridgehead atoms. The van der Waals surface area contributed by atoms with Crippen LogP contribution in [-0.4, -0.2) is 52.4 Å². The van der Waals surface area contributed by atoms with Crippen molar-refractivity contribution in [2.75, 3.05) is 14.2 Å². The Morgan fingerprint density at radius 2 is 1.89 bits per heavy atom. The lowest BCUT2D eigenvalue weighted by atomic mass is 9.84. The van der Waals surface area contributed by atoms with Crippen molar-refractivity contribution in [2.24, 2.45) is 0 Å². The zero-order valence-corrected chi connectivity index (χ0v) is 21.1. The fourth-order valence-corrected chi connectivity index (χ4v) is 4.78. The van der Waals surface area contributed by atoms with Crippen LogP contribution in [0.2, 0.25) is 0 Å². The van der Waals surface area contributed by atoms with Gasteiger partial charge >= 0.3 is 0 Å². The van der Waals surface area contributed by atoms with Gasteiger partial charge in [-0.1, -0.05) is 0 Å². The largest absolute Gasteiger partial charge is 0.488 e. The van der Waals surface area contributed by atoms with Gasteiger partial charge in [0.2, 0.25) is 0 Å². The first kappa shape index (κ1) is 25.1. The summed E-state index contributed by atoms with van der Waals surface area (Å²) in [6, 6.07) is 8.54. The number of ether oxygens (including phenoxy) is 4. The second-order valence-corrected chi connectivity index (χ2v) is 9.89. The van der Waals surface area contributed by atoms with Crippen molar-refractivity contribution in [1.29, 1.82) is 0 Å². The zero-order chi connectivity index (χ0) is 25.7. The van der Waals surface area contributed by atoms with Crippen LogP contribution in [0.1, 0.15) is 39.3 Å². The lowest BCUT2D eigenvalue weighted by Gasteiger charge is -2.46. The van der Waals surface area contributed by atoms with Gasteiger partial charge in [0.15, 0.2) is 17.5 Å². The molecule has 1 aromatic heterocycles. The Morgan fingerprint density at radius 3 is 2.49 bits per heavy atom. The maximum atomic E-state index is 11.7. The average Bonchev–Trinajstić information content (AvgIpc) is 3.09. The van der Waals surface area contributed by atoms with Crippen LogP contribution in [0.3, 0.4) is 0 Å². The van der Waals surface area contributed by atoms with Gasteiger partial charge < -0.3 is 28.5 Å². The molecule has 0 fully saturated rings. The minimum absolute atomic E-state index is 0.0741. The van der Waals surface area contributed by atoms with Crippen LogP contribution in [0.25, 0.3) is 11.1 Å². The van der Waals surface area contributed by atoms with Crippen LogP contribution in [0.15, 0.2) is 40.8 Å². The second-order valence-electron chi connectivity index (χ2n) is 9.54. The van der Waals surface area contributed by atoms with E-state index in [1.165, 1.54) is 32.4 Å². The fraction of sp³-hybridized carbons (Fsp3) is 0.458. The lowest BCUT2D eigenvalue weighted by molar-refractivity contribution is -0.385. The Bertz CT molecular complexity index is 1320. The molecule has 4 rings (SSSR count). The molecule has 1 aliphatic rings. The molecule has 11 heteroatoms. The van der Waals surface area contributed by atoms with E-state index in [9.17, 15) is 15.2 Å². The monoisotopic (exact) mass is 504 g/mol. The number of aliphatic hydroxyl groups excluding tert-OH is 1. The van der Waals surface area contributed by atoms with Gasteiger partial charge in [-0.15, -0.1) is 0 Å². The molecule has 188 valence electrons. The molecule has 0 amide bonds. The van der Waals surface area contributed by atoms with Gasteiger partial charge in [-0.2, -0.15) is 0 Å². The molecular formula is C24H28N2O8S. The van der Waals surface area contributed by atoms with Gasteiger partial charge in [-0.25, -0.2) is 0 Å². The molecule has 0 aliphatic carbocycles. The van der Waals surface area contributed by atoms with Gasteiger partial charge in [0.05, 0.1) is 16.5 Å². The van der Waals surface area contributed by atoms with Crippen LogP contribution in [0, 0.1) is 15.0 Å². The van der Waals surface area contributed by atoms with E-state index in [-0.39, 0.29) is 10.5 Å². The first-order valence-electron chi connectivity index (χ1n) is 10.9. The van der Waals surface area contributed by atoms with Crippen molar-refractivity contribution in [3.05, 3.63) is 56.9 Å². The van der Waals surface area contributed by atoms with Gasteiger partial charge in [-0.3, -0.25) is 14.7 Å². The summed E-state index contributed by atoms with van der Waals surface area (Å²) in [4.78, 5) is 11.1. The minimum Gasteiger partial charge on any atom is -0.488 e. The number of rotatable bonds is 6. The van der Waals surface area contributed by atoms with Crippen molar-refractivity contribution in [3.8, 4) is 11.5 Å². The fourth-order valence-electron chi connectivity index (χ4n) is 4.48. The summed E-state index contributed by atoms with van der Waals surface area (Å²) >= 11 is 5.56. The summed E-state index contributed by atoms with van der Waals surface area (Å²) in [6.45, 7) is 7.43. The molecule has 0 saturated carbocycles. The van der Waals surface area contributed by atoms with Crippen molar-refractivity contribution in [2.45, 2.75) is 57.3 Å². The number of benzene rings is 2. The number of non-ortho nitro benzene ring substituents is 1. The van der Waals surface area contributed by atoms with Crippen LogP contribution >= 0.6 is 12.2 Å². The first-order valence-corrected chi connectivity index (χ1v) is 11.4. The van der Waals surface area contributed by atoms with E-state index in [0.717, 1.165) is 0 Å². The molecule has 2 aromatic carbocycles. The van der Waals surface area contributed by atoms with Gasteiger partial charge in [0.25, 0.3) is 10.5 Å². The second kappa shape index (κ2) is 8.90. The summed E-state index contributed by atoms with van der Waals surface area (Å²) in [6.07, 6.45) is -2.27. The summed E-state index contributed by atoms with van der Waals surface area (Å²) < 4.78 is 30.5. The summed E-state index contributed by atoms with van der Waals surface area (Å²) in [7, 11) is 2.87. The number of aromatic nitrogens is 1. The standard InChI is InChI=1S/C24H28N2O8S/c1-23(2,3)33-14-8-10-18-16(12-14)25(22(35)32-18)19-15-11-13(26(28)29)7-9-17(15)34-24(4,20(19)27)21(30-5)31-6/h7-12,19-21,27H,1-6H3/t19-,20-,24-/m1/s1. The maximum absolute atomic E-state index is 11.7. The zero-order valence-electron chi connectivity index (χ0n) is 20.3. The molecule has 0 saturated heterocycles. The highest BCUT2D eigenvalue weighted by Crippen LogP contribution is 2.46. The predicted molar refractivity (Wildman–Crippen MR) is 130 cm³/mol. The lowest BCUT2D eigenvalue weighted by Crippen LogP contribution is -2.60. The SMILES string of the molecule is COC(OC)[C@]1(C)Oc2ccc([N+](=O)[O-])cc2[C@@H](n2c(=S)oc3ccc(OC(C)(C)C)cc32)[C@H]1O. The molecule has 2 heterocycles. The number of nitro groups is 1. The van der Waals surface area contributed by atoms with Crippen LogP contribution < -0.4 is 9.47 Å². The highest BCUT2D eigenvalue weighted by Gasteiger charge is 2.53. The summed E-state index contributed by atoms with van der Waals surface area (Å²) in [5.74, 6) is 0.899.